The quantitative estimate of drug-likeness (QED) is 0.838. The number of benzene rings is 1. The van der Waals surface area contributed by atoms with Gasteiger partial charge >= 0.3 is 0 Å². The maximum Gasteiger partial charge on any atom is 0.257 e. The van der Waals surface area contributed by atoms with E-state index in [1.807, 2.05) is 6.92 Å². The molecule has 2 rings (SSSR count). The van der Waals surface area contributed by atoms with Crippen LogP contribution >= 0.6 is 0 Å². The molecule has 98 valence electrons. The second-order valence-electron chi connectivity index (χ2n) is 4.73. The molecular weight excluding hydrogens is 232 g/mol. The van der Waals surface area contributed by atoms with Crippen LogP contribution in [0.15, 0.2) is 18.2 Å². The van der Waals surface area contributed by atoms with Gasteiger partial charge in [-0.05, 0) is 18.6 Å². The number of likely N-dealkylation sites (tertiary alicyclic amines) is 1. The smallest absolute Gasteiger partial charge is 0.257 e. The van der Waals surface area contributed by atoms with E-state index in [0.29, 0.717) is 18.8 Å². The Kier molecular flexibility index (Phi) is 3.17. The van der Waals surface area contributed by atoms with E-state index in [-0.39, 0.29) is 22.8 Å². The monoisotopic (exact) mass is 250 g/mol. The summed E-state index contributed by atoms with van der Waals surface area (Å²) in [5.74, 6) is -0.0205. The molecule has 0 radical (unpaired) electrons. The highest BCUT2D eigenvalue weighted by molar-refractivity contribution is 5.98. The third-order valence-electron chi connectivity index (χ3n) is 3.45. The van der Waals surface area contributed by atoms with Gasteiger partial charge in [-0.1, -0.05) is 13.0 Å². The fourth-order valence-corrected chi connectivity index (χ4v) is 2.11. The highest BCUT2D eigenvalue weighted by Gasteiger charge is 2.41. The zero-order chi connectivity index (χ0) is 13.3. The Bertz CT molecular complexity index is 467. The molecule has 0 spiro atoms. The van der Waals surface area contributed by atoms with Crippen molar-refractivity contribution in [2.24, 2.45) is 5.73 Å². The zero-order valence-corrected chi connectivity index (χ0v) is 10.6. The van der Waals surface area contributed by atoms with Gasteiger partial charge in [0.2, 0.25) is 0 Å². The molecule has 1 aliphatic rings. The number of hydrogen-bond acceptors (Lipinski definition) is 4. The molecule has 0 bridgehead atoms. The van der Waals surface area contributed by atoms with Crippen LogP contribution in [-0.2, 0) is 0 Å². The van der Waals surface area contributed by atoms with Gasteiger partial charge in [-0.3, -0.25) is 4.79 Å². The van der Waals surface area contributed by atoms with E-state index in [1.54, 1.807) is 23.1 Å². The molecule has 0 aliphatic carbocycles. The van der Waals surface area contributed by atoms with Crippen molar-refractivity contribution in [3.05, 3.63) is 23.8 Å². The number of amides is 1. The molecule has 1 amide bonds. The average Bonchev–Trinajstić information content (AvgIpc) is 2.34. The minimum Gasteiger partial charge on any atom is -0.504 e. The van der Waals surface area contributed by atoms with Crippen molar-refractivity contribution in [2.45, 2.75) is 18.9 Å². The Balaban J connectivity index is 2.16. The molecule has 1 aliphatic heterocycles. The number of rotatable bonds is 3. The molecule has 0 aromatic heterocycles. The lowest BCUT2D eigenvalue weighted by Crippen LogP contribution is -2.68. The van der Waals surface area contributed by atoms with Crippen molar-refractivity contribution in [3.8, 4) is 11.5 Å². The van der Waals surface area contributed by atoms with Crippen LogP contribution in [0.2, 0.25) is 0 Å². The van der Waals surface area contributed by atoms with Gasteiger partial charge in [0, 0.05) is 13.1 Å². The van der Waals surface area contributed by atoms with Crippen LogP contribution in [0, 0.1) is 0 Å². The molecule has 1 fully saturated rings. The molecule has 1 heterocycles. The number of carbonyl (C=O) groups excluding carboxylic acids is 1. The highest BCUT2D eigenvalue weighted by atomic mass is 16.5. The summed E-state index contributed by atoms with van der Waals surface area (Å²) in [5, 5.41) is 9.91. The van der Waals surface area contributed by atoms with Gasteiger partial charge in [0.15, 0.2) is 11.5 Å². The van der Waals surface area contributed by atoms with Gasteiger partial charge in [-0.25, -0.2) is 0 Å². The van der Waals surface area contributed by atoms with E-state index in [4.69, 9.17) is 10.5 Å². The van der Waals surface area contributed by atoms with Gasteiger partial charge in [0.25, 0.3) is 5.91 Å². The first-order chi connectivity index (χ1) is 8.50. The molecule has 3 N–H and O–H groups in total. The second-order valence-corrected chi connectivity index (χ2v) is 4.73. The summed E-state index contributed by atoms with van der Waals surface area (Å²) in [5.41, 5.74) is 6.00. The number of aromatic hydroxyl groups is 1. The molecule has 0 unspecified atom stereocenters. The maximum atomic E-state index is 12.2. The standard InChI is InChI=1S/C13H18N2O3/c1-3-13(14)7-15(8-13)12(17)9-5-4-6-10(18-2)11(9)16/h4-6,16H,3,7-8,14H2,1-2H3. The number of nitrogens with zero attached hydrogens (tertiary/aromatic N) is 1. The van der Waals surface area contributed by atoms with Crippen molar-refractivity contribution in [1.29, 1.82) is 0 Å². The third-order valence-corrected chi connectivity index (χ3v) is 3.45. The fourth-order valence-electron chi connectivity index (χ4n) is 2.11. The first-order valence-corrected chi connectivity index (χ1v) is 5.95. The second kappa shape index (κ2) is 4.49. The fraction of sp³-hybridized carbons (Fsp3) is 0.462. The van der Waals surface area contributed by atoms with Gasteiger partial charge in [0.1, 0.15) is 0 Å². The van der Waals surface area contributed by atoms with Crippen LogP contribution in [0.3, 0.4) is 0 Å². The largest absolute Gasteiger partial charge is 0.504 e. The van der Waals surface area contributed by atoms with Crippen LogP contribution in [0.5, 0.6) is 11.5 Å². The van der Waals surface area contributed by atoms with E-state index in [1.165, 1.54) is 7.11 Å². The number of para-hydroxylation sites is 1. The molecule has 1 aromatic carbocycles. The minimum atomic E-state index is -0.274. The van der Waals surface area contributed by atoms with E-state index in [2.05, 4.69) is 0 Å². The predicted molar refractivity (Wildman–Crippen MR) is 67.8 cm³/mol. The van der Waals surface area contributed by atoms with Gasteiger partial charge < -0.3 is 20.5 Å². The van der Waals surface area contributed by atoms with Crippen molar-refractivity contribution in [1.82, 2.24) is 4.90 Å². The summed E-state index contributed by atoms with van der Waals surface area (Å²) in [6, 6.07) is 4.88. The first-order valence-electron chi connectivity index (χ1n) is 5.95. The van der Waals surface area contributed by atoms with Crippen LogP contribution in [0.25, 0.3) is 0 Å². The summed E-state index contributed by atoms with van der Waals surface area (Å²) in [6.45, 7) is 3.06. The predicted octanol–water partition coefficient (Wildman–Crippen LogP) is 0.964. The topological polar surface area (TPSA) is 75.8 Å². The van der Waals surface area contributed by atoms with Gasteiger partial charge in [0.05, 0.1) is 18.2 Å². The van der Waals surface area contributed by atoms with Crippen molar-refractivity contribution in [3.63, 3.8) is 0 Å². The van der Waals surface area contributed by atoms with Crippen LogP contribution in [0.4, 0.5) is 0 Å². The van der Waals surface area contributed by atoms with Gasteiger partial charge in [-0.2, -0.15) is 0 Å². The molecule has 0 saturated carbocycles. The van der Waals surface area contributed by atoms with Crippen LogP contribution in [0.1, 0.15) is 23.7 Å². The summed E-state index contributed by atoms with van der Waals surface area (Å²) in [6.07, 6.45) is 0.834. The number of phenols is 1. The van der Waals surface area contributed by atoms with E-state index >= 15 is 0 Å². The Morgan fingerprint density at radius 1 is 1.56 bits per heavy atom. The highest BCUT2D eigenvalue weighted by Crippen LogP contribution is 2.32. The summed E-state index contributed by atoms with van der Waals surface area (Å²) in [4.78, 5) is 13.8. The van der Waals surface area contributed by atoms with Crippen LogP contribution < -0.4 is 10.5 Å². The average molecular weight is 250 g/mol. The zero-order valence-electron chi connectivity index (χ0n) is 10.6. The Morgan fingerprint density at radius 3 is 2.78 bits per heavy atom. The lowest BCUT2D eigenvalue weighted by atomic mass is 9.87. The van der Waals surface area contributed by atoms with Crippen molar-refractivity contribution in [2.75, 3.05) is 20.2 Å². The maximum absolute atomic E-state index is 12.2. The number of carbonyl (C=O) groups is 1. The molecule has 1 saturated heterocycles. The lowest BCUT2D eigenvalue weighted by molar-refractivity contribution is 0.0398. The molecule has 5 heteroatoms. The Hall–Kier alpha value is -1.75. The normalized spacial score (nSPS) is 17.2. The third kappa shape index (κ3) is 2.01. The molecule has 0 atom stereocenters. The number of ether oxygens (including phenoxy) is 1. The van der Waals surface area contributed by atoms with Gasteiger partial charge in [-0.15, -0.1) is 0 Å². The van der Waals surface area contributed by atoms with Crippen molar-refractivity contribution >= 4 is 5.91 Å². The number of phenolic OH excluding ortho intramolecular Hbond substituents is 1. The number of hydrogen-bond donors (Lipinski definition) is 2. The minimum absolute atomic E-state index is 0.115. The van der Waals surface area contributed by atoms with E-state index in [9.17, 15) is 9.90 Å². The molecule has 5 nitrogen and oxygen atoms in total. The van der Waals surface area contributed by atoms with E-state index in [0.717, 1.165) is 6.42 Å². The van der Waals surface area contributed by atoms with Crippen molar-refractivity contribution < 1.29 is 14.6 Å². The Labute approximate surface area is 106 Å². The summed E-state index contributed by atoms with van der Waals surface area (Å²) in [7, 11) is 1.45. The SMILES string of the molecule is CCC1(N)CN(C(=O)c2cccc(OC)c2O)C1. The molecule has 18 heavy (non-hydrogen) atoms. The molecular formula is C13H18N2O3. The summed E-state index contributed by atoms with van der Waals surface area (Å²) >= 11 is 0. The van der Waals surface area contributed by atoms with Crippen LogP contribution in [-0.4, -0.2) is 41.7 Å². The number of nitrogens with two attached hydrogens (primary N) is 1. The number of methoxy groups -OCH3 is 1. The Morgan fingerprint density at radius 2 is 2.22 bits per heavy atom. The van der Waals surface area contributed by atoms with E-state index < -0.39 is 0 Å². The lowest BCUT2D eigenvalue weighted by Gasteiger charge is -2.47. The summed E-state index contributed by atoms with van der Waals surface area (Å²) < 4.78 is 4.98. The first kappa shape index (κ1) is 12.7. The molecule has 1 aromatic rings.